The van der Waals surface area contributed by atoms with Crippen LogP contribution in [-0.4, -0.2) is 30.7 Å². The highest BCUT2D eigenvalue weighted by atomic mass is 127. The first kappa shape index (κ1) is 21.2. The first-order valence-electron chi connectivity index (χ1n) is 7.85. The zero-order valence-electron chi connectivity index (χ0n) is 14.5. The van der Waals surface area contributed by atoms with Crippen LogP contribution in [0, 0.1) is 0 Å². The lowest BCUT2D eigenvalue weighted by atomic mass is 10.2. The molecule has 0 aliphatic heterocycles. The second-order valence-corrected chi connectivity index (χ2v) is 5.44. The molecule has 0 aliphatic carbocycles. The van der Waals surface area contributed by atoms with E-state index in [2.05, 4.69) is 15.3 Å². The number of hydrogen-bond donors (Lipinski definition) is 2. The molecule has 0 saturated carbocycles. The summed E-state index contributed by atoms with van der Waals surface area (Å²) in [6.07, 6.45) is 1.70. The number of aromatic nitrogens is 1. The van der Waals surface area contributed by atoms with Gasteiger partial charge >= 0.3 is 0 Å². The van der Waals surface area contributed by atoms with Crippen molar-refractivity contribution in [3.8, 4) is 5.88 Å². The molecule has 7 heteroatoms. The molecule has 25 heavy (non-hydrogen) atoms. The molecule has 3 N–H and O–H groups in total. The number of pyridine rings is 1. The van der Waals surface area contributed by atoms with Gasteiger partial charge in [0.05, 0.1) is 13.2 Å². The van der Waals surface area contributed by atoms with E-state index in [1.54, 1.807) is 13.3 Å². The lowest BCUT2D eigenvalue weighted by molar-refractivity contribution is 0.179. The van der Waals surface area contributed by atoms with Crippen molar-refractivity contribution in [3.05, 3.63) is 59.8 Å². The number of hydrogen-bond acceptors (Lipinski definition) is 4. The van der Waals surface area contributed by atoms with Gasteiger partial charge in [-0.1, -0.05) is 36.4 Å². The number of nitrogens with one attached hydrogen (secondary N) is 1. The lowest BCUT2D eigenvalue weighted by Gasteiger charge is -2.13. The Morgan fingerprint density at radius 2 is 2.00 bits per heavy atom. The van der Waals surface area contributed by atoms with Crippen LogP contribution in [0.4, 0.5) is 0 Å². The van der Waals surface area contributed by atoms with Gasteiger partial charge in [-0.05, 0) is 18.6 Å². The topological polar surface area (TPSA) is 81.8 Å². The fourth-order valence-corrected chi connectivity index (χ4v) is 2.16. The fourth-order valence-electron chi connectivity index (χ4n) is 2.16. The Labute approximate surface area is 165 Å². The molecular weight excluding hydrogens is 431 g/mol. The van der Waals surface area contributed by atoms with Gasteiger partial charge in [0.25, 0.3) is 0 Å². The number of benzene rings is 1. The van der Waals surface area contributed by atoms with Gasteiger partial charge in [-0.25, -0.2) is 9.98 Å². The summed E-state index contributed by atoms with van der Waals surface area (Å²) in [5, 5.41) is 3.07. The third-order valence-electron chi connectivity index (χ3n) is 3.30. The maximum Gasteiger partial charge on any atom is 0.218 e. The van der Waals surface area contributed by atoms with Crippen LogP contribution in [0.3, 0.4) is 0 Å². The van der Waals surface area contributed by atoms with E-state index in [1.165, 1.54) is 0 Å². The average Bonchev–Trinajstić information content (AvgIpc) is 2.60. The van der Waals surface area contributed by atoms with Crippen molar-refractivity contribution in [2.45, 2.75) is 26.1 Å². The number of nitrogens with zero attached hydrogens (tertiary/aromatic N) is 2. The van der Waals surface area contributed by atoms with Gasteiger partial charge in [0, 0.05) is 24.9 Å². The van der Waals surface area contributed by atoms with E-state index in [-0.39, 0.29) is 30.0 Å². The first-order chi connectivity index (χ1) is 11.7. The minimum absolute atomic E-state index is 0. The van der Waals surface area contributed by atoms with E-state index < -0.39 is 0 Å². The van der Waals surface area contributed by atoms with Gasteiger partial charge in [-0.2, -0.15) is 0 Å². The summed E-state index contributed by atoms with van der Waals surface area (Å²) in [6, 6.07) is 13.9. The molecule has 2 rings (SSSR count). The predicted molar refractivity (Wildman–Crippen MR) is 110 cm³/mol. The third-order valence-corrected chi connectivity index (χ3v) is 3.30. The molecule has 2 aromatic rings. The van der Waals surface area contributed by atoms with Gasteiger partial charge in [0.1, 0.15) is 6.61 Å². The quantitative estimate of drug-likeness (QED) is 0.363. The largest absolute Gasteiger partial charge is 0.473 e. The van der Waals surface area contributed by atoms with E-state index in [4.69, 9.17) is 15.2 Å². The van der Waals surface area contributed by atoms with Crippen LogP contribution in [0.25, 0.3) is 0 Å². The van der Waals surface area contributed by atoms with E-state index in [1.807, 2.05) is 49.4 Å². The van der Waals surface area contributed by atoms with Crippen molar-refractivity contribution < 1.29 is 9.47 Å². The van der Waals surface area contributed by atoms with E-state index in [0.717, 1.165) is 11.1 Å². The number of methoxy groups -OCH3 is 1. The Morgan fingerprint density at radius 3 is 2.72 bits per heavy atom. The van der Waals surface area contributed by atoms with E-state index in [9.17, 15) is 0 Å². The van der Waals surface area contributed by atoms with Crippen LogP contribution >= 0.6 is 24.0 Å². The SMILES string of the molecule is COCC(C)NC(N)=NCc1cccnc1OCc1ccccc1.I. The second-order valence-electron chi connectivity index (χ2n) is 5.44. The van der Waals surface area contributed by atoms with Gasteiger partial charge in [0.2, 0.25) is 5.88 Å². The molecule has 1 aromatic carbocycles. The maximum atomic E-state index is 5.89. The minimum atomic E-state index is 0. The molecule has 0 aliphatic rings. The van der Waals surface area contributed by atoms with Gasteiger partial charge in [0.15, 0.2) is 5.96 Å². The molecule has 1 atom stereocenters. The van der Waals surface area contributed by atoms with E-state index in [0.29, 0.717) is 31.6 Å². The molecule has 0 fully saturated rings. The molecule has 136 valence electrons. The molecule has 0 radical (unpaired) electrons. The van der Waals surface area contributed by atoms with Gasteiger partial charge in [-0.3, -0.25) is 0 Å². The predicted octanol–water partition coefficient (Wildman–Crippen LogP) is 2.72. The highest BCUT2D eigenvalue weighted by Gasteiger charge is 2.06. The lowest BCUT2D eigenvalue weighted by Crippen LogP contribution is -2.40. The highest BCUT2D eigenvalue weighted by molar-refractivity contribution is 14.0. The Kier molecular flexibility index (Phi) is 9.86. The Morgan fingerprint density at radius 1 is 1.24 bits per heavy atom. The summed E-state index contributed by atoms with van der Waals surface area (Å²) in [6.45, 7) is 3.41. The van der Waals surface area contributed by atoms with Crippen LogP contribution in [0.1, 0.15) is 18.1 Å². The zero-order chi connectivity index (χ0) is 17.2. The van der Waals surface area contributed by atoms with E-state index >= 15 is 0 Å². The Bertz CT molecular complexity index is 653. The molecule has 1 aromatic heterocycles. The molecule has 0 spiro atoms. The molecular formula is C18H25IN4O2. The summed E-state index contributed by atoms with van der Waals surface area (Å²) in [7, 11) is 1.65. The Balaban J connectivity index is 0.00000312. The van der Waals surface area contributed by atoms with Crippen LogP contribution in [0.5, 0.6) is 5.88 Å². The molecule has 0 bridgehead atoms. The normalized spacial score (nSPS) is 12.2. The van der Waals surface area contributed by atoms with Crippen molar-refractivity contribution in [1.82, 2.24) is 10.3 Å². The summed E-state index contributed by atoms with van der Waals surface area (Å²) in [4.78, 5) is 8.63. The number of rotatable bonds is 8. The smallest absolute Gasteiger partial charge is 0.218 e. The standard InChI is InChI=1S/C18H24N4O2.HI/c1-14(12-23-2)22-18(19)21-11-16-9-6-10-20-17(16)24-13-15-7-4-3-5-8-15;/h3-10,14H,11-13H2,1-2H3,(H3,19,21,22);1H. The van der Waals surface area contributed by atoms with Crippen LogP contribution in [0.2, 0.25) is 0 Å². The number of guanidine groups is 1. The van der Waals surface area contributed by atoms with Gasteiger partial charge in [-0.15, -0.1) is 24.0 Å². The summed E-state index contributed by atoms with van der Waals surface area (Å²) < 4.78 is 10.9. The fraction of sp³-hybridized carbons (Fsp3) is 0.333. The summed E-state index contributed by atoms with van der Waals surface area (Å²) >= 11 is 0. The van der Waals surface area contributed by atoms with Gasteiger partial charge < -0.3 is 20.5 Å². The van der Waals surface area contributed by atoms with Crippen LogP contribution in [-0.2, 0) is 17.9 Å². The number of ether oxygens (including phenoxy) is 2. The number of nitrogens with two attached hydrogens (primary N) is 1. The van der Waals surface area contributed by atoms with Crippen molar-refractivity contribution >= 4 is 29.9 Å². The van der Waals surface area contributed by atoms with Crippen LogP contribution in [0.15, 0.2) is 53.7 Å². The molecule has 1 unspecified atom stereocenters. The van der Waals surface area contributed by atoms with Crippen LogP contribution < -0.4 is 15.8 Å². The average molecular weight is 456 g/mol. The number of aliphatic imine (C=N–C) groups is 1. The Hall–Kier alpha value is -1.87. The number of halogens is 1. The molecule has 1 heterocycles. The third kappa shape index (κ3) is 7.70. The van der Waals surface area contributed by atoms with Crippen molar-refractivity contribution in [3.63, 3.8) is 0 Å². The van der Waals surface area contributed by atoms with Crippen molar-refractivity contribution in [2.24, 2.45) is 10.7 Å². The zero-order valence-corrected chi connectivity index (χ0v) is 16.8. The molecule has 0 saturated heterocycles. The van der Waals surface area contributed by atoms with Crippen molar-refractivity contribution in [2.75, 3.05) is 13.7 Å². The van der Waals surface area contributed by atoms with Crippen molar-refractivity contribution in [1.29, 1.82) is 0 Å². The molecule has 6 nitrogen and oxygen atoms in total. The minimum Gasteiger partial charge on any atom is -0.473 e. The summed E-state index contributed by atoms with van der Waals surface area (Å²) in [5.41, 5.74) is 7.87. The monoisotopic (exact) mass is 456 g/mol. The maximum absolute atomic E-state index is 5.89. The highest BCUT2D eigenvalue weighted by Crippen LogP contribution is 2.17. The second kappa shape index (κ2) is 11.6. The summed E-state index contributed by atoms with van der Waals surface area (Å²) in [5.74, 6) is 0.945. The first-order valence-corrected chi connectivity index (χ1v) is 7.85. The molecule has 0 amide bonds.